The summed E-state index contributed by atoms with van der Waals surface area (Å²) in [6, 6.07) is 1.82. The second kappa shape index (κ2) is 5.57. The summed E-state index contributed by atoms with van der Waals surface area (Å²) in [6.45, 7) is 4.06. The van der Waals surface area contributed by atoms with E-state index in [1.807, 2.05) is 13.8 Å². The molecule has 0 radical (unpaired) electrons. The molecule has 0 fully saturated rings. The van der Waals surface area contributed by atoms with Crippen LogP contribution in [0.3, 0.4) is 0 Å². The van der Waals surface area contributed by atoms with E-state index in [9.17, 15) is 9.59 Å². The van der Waals surface area contributed by atoms with Crippen LogP contribution in [-0.2, 0) is 12.8 Å². The van der Waals surface area contributed by atoms with Crippen molar-refractivity contribution < 1.29 is 4.79 Å². The first-order valence-electron chi connectivity index (χ1n) is 6.88. The van der Waals surface area contributed by atoms with Crippen LogP contribution >= 0.6 is 0 Å². The average Bonchev–Trinajstić information content (AvgIpc) is 2.45. The summed E-state index contributed by atoms with van der Waals surface area (Å²) in [6.07, 6.45) is 4.91. The van der Waals surface area contributed by atoms with Crippen molar-refractivity contribution in [3.63, 3.8) is 0 Å². The van der Waals surface area contributed by atoms with Crippen molar-refractivity contribution in [3.05, 3.63) is 33.2 Å². The molecule has 3 N–H and O–H groups in total. The fourth-order valence-corrected chi connectivity index (χ4v) is 2.72. The second-order valence-electron chi connectivity index (χ2n) is 5.14. The number of pyridine rings is 1. The number of carbonyl (C=O) groups excluding carboxylic acids is 1. The molecule has 0 saturated carbocycles. The van der Waals surface area contributed by atoms with Crippen molar-refractivity contribution in [1.82, 2.24) is 9.99 Å². The fourth-order valence-electron chi connectivity index (χ4n) is 2.72. The molecule has 104 valence electrons. The number of hydrogen-bond donors (Lipinski definition) is 2. The molecule has 0 aliphatic heterocycles. The third kappa shape index (κ3) is 2.42. The Kier molecular flexibility index (Phi) is 4.04. The van der Waals surface area contributed by atoms with Crippen molar-refractivity contribution in [3.8, 4) is 0 Å². The first-order valence-corrected chi connectivity index (χ1v) is 6.88. The molecule has 5 heteroatoms. The molecule has 5 nitrogen and oxygen atoms in total. The Morgan fingerprint density at radius 3 is 2.79 bits per heavy atom. The van der Waals surface area contributed by atoms with Crippen molar-refractivity contribution in [2.75, 3.05) is 0 Å². The Labute approximate surface area is 112 Å². The highest BCUT2D eigenvalue weighted by Crippen LogP contribution is 2.24. The number of nitrogens with one attached hydrogen (secondary N) is 1. The zero-order valence-electron chi connectivity index (χ0n) is 11.5. The molecular weight excluding hydrogens is 242 g/mol. The Balaban J connectivity index is 2.67. The molecule has 0 saturated heterocycles. The molecule has 0 spiro atoms. The topological polar surface area (TPSA) is 77.1 Å². The van der Waals surface area contributed by atoms with Gasteiger partial charge in [0.2, 0.25) is 0 Å². The van der Waals surface area contributed by atoms with Crippen LogP contribution in [0.5, 0.6) is 0 Å². The van der Waals surface area contributed by atoms with Crippen LogP contribution in [0.1, 0.15) is 60.8 Å². The Morgan fingerprint density at radius 2 is 2.16 bits per heavy atom. The predicted molar refractivity (Wildman–Crippen MR) is 74.0 cm³/mol. The summed E-state index contributed by atoms with van der Waals surface area (Å²) in [5.74, 6) is 4.66. The molecule has 1 heterocycles. The maximum atomic E-state index is 12.5. The zero-order chi connectivity index (χ0) is 14.0. The molecule has 1 aliphatic carbocycles. The van der Waals surface area contributed by atoms with Gasteiger partial charge in [0.15, 0.2) is 0 Å². The summed E-state index contributed by atoms with van der Waals surface area (Å²) in [4.78, 5) is 24.2. The van der Waals surface area contributed by atoms with Crippen molar-refractivity contribution in [2.45, 2.75) is 52.0 Å². The van der Waals surface area contributed by atoms with Crippen LogP contribution in [0.25, 0.3) is 0 Å². The van der Waals surface area contributed by atoms with Gasteiger partial charge < -0.3 is 4.57 Å². The van der Waals surface area contributed by atoms with E-state index >= 15 is 0 Å². The maximum Gasteiger partial charge on any atom is 0.270 e. The highest BCUT2D eigenvalue weighted by Gasteiger charge is 2.22. The van der Waals surface area contributed by atoms with E-state index in [0.717, 1.165) is 43.4 Å². The highest BCUT2D eigenvalue weighted by atomic mass is 16.2. The van der Waals surface area contributed by atoms with E-state index in [-0.39, 0.29) is 17.2 Å². The Morgan fingerprint density at radius 1 is 1.47 bits per heavy atom. The van der Waals surface area contributed by atoms with Gasteiger partial charge in [-0.15, -0.1) is 0 Å². The third-order valence-electron chi connectivity index (χ3n) is 3.95. The van der Waals surface area contributed by atoms with Crippen molar-refractivity contribution >= 4 is 5.91 Å². The van der Waals surface area contributed by atoms with Gasteiger partial charge in [-0.25, -0.2) is 5.84 Å². The summed E-state index contributed by atoms with van der Waals surface area (Å²) in [5, 5.41) is 0. The number of nitrogen functional groups attached to an aromatic ring is 1. The molecule has 1 unspecified atom stereocenters. The lowest BCUT2D eigenvalue weighted by molar-refractivity contribution is 0.0951. The van der Waals surface area contributed by atoms with E-state index < -0.39 is 5.91 Å². The van der Waals surface area contributed by atoms with Gasteiger partial charge >= 0.3 is 0 Å². The molecule has 19 heavy (non-hydrogen) atoms. The summed E-state index contributed by atoms with van der Waals surface area (Å²) in [5.41, 5.74) is 4.20. The standard InChI is InChI=1S/C14H21N3O2/c1-3-9(2)17-12-7-5-4-6-10(12)8-11(14(17)19)13(18)16-15/h8-9H,3-7,15H2,1-2H3,(H,16,18). The van der Waals surface area contributed by atoms with Gasteiger partial charge in [0.1, 0.15) is 5.56 Å². The SMILES string of the molecule is CCC(C)n1c2c(cc(C(=O)NN)c1=O)CCCC2. The van der Waals surface area contributed by atoms with Crippen LogP contribution in [-0.4, -0.2) is 10.5 Å². The maximum absolute atomic E-state index is 12.5. The number of amides is 1. The van der Waals surface area contributed by atoms with E-state index in [4.69, 9.17) is 5.84 Å². The Hall–Kier alpha value is -1.62. The third-order valence-corrected chi connectivity index (χ3v) is 3.95. The van der Waals surface area contributed by atoms with Crippen LogP contribution in [0.15, 0.2) is 10.9 Å². The number of rotatable bonds is 3. The molecule has 1 atom stereocenters. The number of hydrazine groups is 1. The minimum absolute atomic E-state index is 0.102. The highest BCUT2D eigenvalue weighted by molar-refractivity contribution is 5.93. The molecule has 1 aromatic heterocycles. The number of fused-ring (bicyclic) bond motifs is 1. The van der Waals surface area contributed by atoms with Gasteiger partial charge in [-0.05, 0) is 50.7 Å². The van der Waals surface area contributed by atoms with Gasteiger partial charge in [-0.2, -0.15) is 0 Å². The summed E-state index contributed by atoms with van der Waals surface area (Å²) >= 11 is 0. The summed E-state index contributed by atoms with van der Waals surface area (Å²) in [7, 11) is 0. The average molecular weight is 263 g/mol. The number of carbonyl (C=O) groups is 1. The van der Waals surface area contributed by atoms with E-state index in [1.165, 1.54) is 0 Å². The largest absolute Gasteiger partial charge is 0.309 e. The number of hydrogen-bond acceptors (Lipinski definition) is 3. The monoisotopic (exact) mass is 263 g/mol. The molecular formula is C14H21N3O2. The Bertz CT molecular complexity index is 548. The van der Waals surface area contributed by atoms with Gasteiger partial charge in [-0.1, -0.05) is 6.92 Å². The lowest BCUT2D eigenvalue weighted by atomic mass is 9.93. The van der Waals surface area contributed by atoms with E-state index in [1.54, 1.807) is 10.6 Å². The summed E-state index contributed by atoms with van der Waals surface area (Å²) < 4.78 is 1.79. The smallest absolute Gasteiger partial charge is 0.270 e. The van der Waals surface area contributed by atoms with Gasteiger partial charge in [0, 0.05) is 11.7 Å². The number of aromatic nitrogens is 1. The van der Waals surface area contributed by atoms with Crippen LogP contribution in [0.2, 0.25) is 0 Å². The molecule has 2 rings (SSSR count). The molecule has 1 amide bonds. The minimum atomic E-state index is -0.504. The van der Waals surface area contributed by atoms with Crippen molar-refractivity contribution in [1.29, 1.82) is 0 Å². The lowest BCUT2D eigenvalue weighted by Crippen LogP contribution is -2.39. The zero-order valence-corrected chi connectivity index (χ0v) is 11.5. The van der Waals surface area contributed by atoms with Crippen molar-refractivity contribution in [2.24, 2.45) is 5.84 Å². The normalized spacial score (nSPS) is 15.7. The van der Waals surface area contributed by atoms with Crippen LogP contribution in [0.4, 0.5) is 0 Å². The van der Waals surface area contributed by atoms with Gasteiger partial charge in [-0.3, -0.25) is 15.0 Å². The van der Waals surface area contributed by atoms with Crippen LogP contribution < -0.4 is 16.8 Å². The lowest BCUT2D eigenvalue weighted by Gasteiger charge is -2.25. The first-order chi connectivity index (χ1) is 9.10. The van der Waals surface area contributed by atoms with Gasteiger partial charge in [0.05, 0.1) is 0 Å². The number of nitrogens with zero attached hydrogens (tertiary/aromatic N) is 1. The fraction of sp³-hybridized carbons (Fsp3) is 0.571. The predicted octanol–water partition coefficient (Wildman–Crippen LogP) is 1.30. The van der Waals surface area contributed by atoms with E-state index in [0.29, 0.717) is 0 Å². The van der Waals surface area contributed by atoms with E-state index in [2.05, 4.69) is 5.43 Å². The molecule has 0 bridgehead atoms. The molecule has 1 aromatic rings. The number of aryl methyl sites for hydroxylation is 1. The number of nitrogens with two attached hydrogens (primary N) is 1. The van der Waals surface area contributed by atoms with Gasteiger partial charge in [0.25, 0.3) is 11.5 Å². The second-order valence-corrected chi connectivity index (χ2v) is 5.14. The minimum Gasteiger partial charge on any atom is -0.309 e. The van der Waals surface area contributed by atoms with Crippen LogP contribution in [0, 0.1) is 0 Å². The molecule has 1 aliphatic rings. The molecule has 0 aromatic carbocycles. The quantitative estimate of drug-likeness (QED) is 0.490. The first kappa shape index (κ1) is 13.8.